The summed E-state index contributed by atoms with van der Waals surface area (Å²) in [6.07, 6.45) is 8.05. The third-order valence-corrected chi connectivity index (χ3v) is 6.93. The van der Waals surface area contributed by atoms with Crippen LogP contribution in [-0.2, 0) is 9.59 Å². The molecule has 1 atom stereocenters. The predicted molar refractivity (Wildman–Crippen MR) is 101 cm³/mol. The van der Waals surface area contributed by atoms with E-state index in [0.717, 1.165) is 32.1 Å². The van der Waals surface area contributed by atoms with Crippen molar-refractivity contribution in [2.24, 2.45) is 28.6 Å². The number of hydrogen-bond donors (Lipinski definition) is 2. The Morgan fingerprint density at radius 1 is 1.00 bits per heavy atom. The molecule has 4 heteroatoms. The molecule has 0 radical (unpaired) electrons. The molecule has 1 rings (SSSR count). The van der Waals surface area contributed by atoms with Crippen LogP contribution in [0.5, 0.6) is 0 Å². The molecule has 1 fully saturated rings. The fourth-order valence-electron chi connectivity index (χ4n) is 5.58. The highest BCUT2D eigenvalue weighted by atomic mass is 16.4. The first-order chi connectivity index (χ1) is 11.7. The Morgan fingerprint density at radius 3 is 2.00 bits per heavy atom. The minimum absolute atomic E-state index is 0.245. The number of carboxylic acids is 2. The lowest BCUT2D eigenvalue weighted by atomic mass is 9.48. The summed E-state index contributed by atoms with van der Waals surface area (Å²) in [7, 11) is 0. The van der Waals surface area contributed by atoms with Crippen molar-refractivity contribution < 1.29 is 19.8 Å². The molecule has 2 N–H and O–H groups in total. The Balaban J connectivity index is 3.37. The molecule has 1 unspecified atom stereocenters. The Hall–Kier alpha value is -1.06. The van der Waals surface area contributed by atoms with Gasteiger partial charge in [-0.1, -0.05) is 73.1 Å². The molecular formula is C21H38O4. The molecule has 0 aliphatic heterocycles. The van der Waals surface area contributed by atoms with Crippen molar-refractivity contribution in [2.75, 3.05) is 0 Å². The Kier molecular flexibility index (Phi) is 7.95. The summed E-state index contributed by atoms with van der Waals surface area (Å²) < 4.78 is 0. The van der Waals surface area contributed by atoms with E-state index < -0.39 is 17.4 Å². The highest BCUT2D eigenvalue weighted by molar-refractivity contribution is 5.98. The second kappa shape index (κ2) is 9.05. The first-order valence-corrected chi connectivity index (χ1v) is 10.1. The highest BCUT2D eigenvalue weighted by Crippen LogP contribution is 2.58. The molecule has 0 amide bonds. The van der Waals surface area contributed by atoms with E-state index in [4.69, 9.17) is 0 Å². The van der Waals surface area contributed by atoms with Crippen LogP contribution in [0.25, 0.3) is 0 Å². The monoisotopic (exact) mass is 354 g/mol. The van der Waals surface area contributed by atoms with E-state index in [0.29, 0.717) is 12.8 Å². The Bertz CT molecular complexity index is 431. The molecule has 146 valence electrons. The van der Waals surface area contributed by atoms with Crippen LogP contribution in [0.4, 0.5) is 0 Å². The fraction of sp³-hybridized carbons (Fsp3) is 0.905. The SMILES string of the molecule is CCCCCCC(C(C)C)(C(C)C)C1CCCCC1(C(=O)O)C(=O)O. The third kappa shape index (κ3) is 4.03. The second-order valence-corrected chi connectivity index (χ2v) is 8.61. The minimum atomic E-state index is -1.63. The molecule has 0 aromatic carbocycles. The first-order valence-electron chi connectivity index (χ1n) is 10.1. The second-order valence-electron chi connectivity index (χ2n) is 8.61. The van der Waals surface area contributed by atoms with Gasteiger partial charge in [-0.3, -0.25) is 9.59 Å². The first kappa shape index (κ1) is 22.0. The van der Waals surface area contributed by atoms with Crippen molar-refractivity contribution >= 4 is 11.9 Å². The lowest BCUT2D eigenvalue weighted by Gasteiger charge is -2.54. The van der Waals surface area contributed by atoms with E-state index in [9.17, 15) is 19.8 Å². The smallest absolute Gasteiger partial charge is 0.321 e. The van der Waals surface area contributed by atoms with Gasteiger partial charge in [0.25, 0.3) is 0 Å². The maximum Gasteiger partial charge on any atom is 0.321 e. The summed E-state index contributed by atoms with van der Waals surface area (Å²) in [5, 5.41) is 20.0. The fourth-order valence-corrected chi connectivity index (χ4v) is 5.58. The van der Waals surface area contributed by atoms with Gasteiger partial charge in [0.2, 0.25) is 0 Å². The zero-order chi connectivity index (χ0) is 19.3. The largest absolute Gasteiger partial charge is 0.480 e. The van der Waals surface area contributed by atoms with Crippen LogP contribution < -0.4 is 0 Å². The van der Waals surface area contributed by atoms with Gasteiger partial charge in [0.1, 0.15) is 0 Å². The summed E-state index contributed by atoms with van der Waals surface area (Å²) in [6.45, 7) is 10.8. The molecule has 1 aliphatic carbocycles. The topological polar surface area (TPSA) is 74.6 Å². The molecule has 0 aromatic heterocycles. The summed E-state index contributed by atoms with van der Waals surface area (Å²) in [6, 6.07) is 0. The average molecular weight is 355 g/mol. The molecule has 4 nitrogen and oxygen atoms in total. The van der Waals surface area contributed by atoms with E-state index in [2.05, 4.69) is 34.6 Å². The van der Waals surface area contributed by atoms with Crippen LogP contribution in [0.3, 0.4) is 0 Å². The van der Waals surface area contributed by atoms with Crippen molar-refractivity contribution in [3.63, 3.8) is 0 Å². The third-order valence-electron chi connectivity index (χ3n) is 6.93. The summed E-state index contributed by atoms with van der Waals surface area (Å²) in [4.78, 5) is 24.4. The van der Waals surface area contributed by atoms with Crippen molar-refractivity contribution in [3.8, 4) is 0 Å². The van der Waals surface area contributed by atoms with Crippen LogP contribution in [0.15, 0.2) is 0 Å². The van der Waals surface area contributed by atoms with Crippen molar-refractivity contribution in [3.05, 3.63) is 0 Å². The number of hydrogen-bond acceptors (Lipinski definition) is 2. The predicted octanol–water partition coefficient (Wildman–Crippen LogP) is 5.60. The summed E-state index contributed by atoms with van der Waals surface area (Å²) in [5.41, 5.74) is -1.87. The standard InChI is InChI=1S/C21H38O4/c1-6-7-8-10-13-20(15(2)3,16(4)5)17-12-9-11-14-21(17,18(22)23)19(24)25/h15-17H,6-14H2,1-5H3,(H,22,23)(H,24,25). The molecule has 1 aliphatic rings. The highest BCUT2D eigenvalue weighted by Gasteiger charge is 2.61. The number of unbranched alkanes of at least 4 members (excludes halogenated alkanes) is 3. The van der Waals surface area contributed by atoms with Gasteiger partial charge in [0.05, 0.1) is 0 Å². The van der Waals surface area contributed by atoms with Crippen LogP contribution in [0.2, 0.25) is 0 Å². The van der Waals surface area contributed by atoms with Crippen molar-refractivity contribution in [2.45, 2.75) is 92.4 Å². The van der Waals surface area contributed by atoms with Crippen LogP contribution in [0.1, 0.15) is 92.4 Å². The molecule has 0 saturated heterocycles. The van der Waals surface area contributed by atoms with Gasteiger partial charge in [-0.15, -0.1) is 0 Å². The van der Waals surface area contributed by atoms with Gasteiger partial charge in [-0.2, -0.15) is 0 Å². The van der Waals surface area contributed by atoms with Crippen LogP contribution >= 0.6 is 0 Å². The Morgan fingerprint density at radius 2 is 1.56 bits per heavy atom. The summed E-state index contributed by atoms with van der Waals surface area (Å²) in [5.74, 6) is -2.05. The van der Waals surface area contributed by atoms with Crippen LogP contribution in [0, 0.1) is 28.6 Å². The number of carbonyl (C=O) groups is 2. The van der Waals surface area contributed by atoms with E-state index >= 15 is 0 Å². The number of carboxylic acid groups (broad SMARTS) is 2. The van der Waals surface area contributed by atoms with Gasteiger partial charge in [0.15, 0.2) is 5.41 Å². The van der Waals surface area contributed by atoms with E-state index in [1.165, 1.54) is 6.42 Å². The average Bonchev–Trinajstić information content (AvgIpc) is 2.54. The molecule has 0 heterocycles. The van der Waals surface area contributed by atoms with E-state index in [1.807, 2.05) is 0 Å². The zero-order valence-electron chi connectivity index (χ0n) is 16.8. The molecule has 1 saturated carbocycles. The van der Waals surface area contributed by atoms with Gasteiger partial charge >= 0.3 is 11.9 Å². The van der Waals surface area contributed by atoms with Gasteiger partial charge in [0, 0.05) is 0 Å². The van der Waals surface area contributed by atoms with Gasteiger partial charge < -0.3 is 10.2 Å². The molecule has 0 aromatic rings. The zero-order valence-corrected chi connectivity index (χ0v) is 16.8. The maximum atomic E-state index is 12.2. The van der Waals surface area contributed by atoms with Crippen molar-refractivity contribution in [1.29, 1.82) is 0 Å². The summed E-state index contributed by atoms with van der Waals surface area (Å²) >= 11 is 0. The molecule has 0 spiro atoms. The lowest BCUT2D eigenvalue weighted by Crippen LogP contribution is -2.57. The lowest BCUT2D eigenvalue weighted by molar-refractivity contribution is -0.183. The number of aliphatic carboxylic acids is 2. The molecular weight excluding hydrogens is 316 g/mol. The maximum absolute atomic E-state index is 12.2. The molecule has 25 heavy (non-hydrogen) atoms. The van der Waals surface area contributed by atoms with Gasteiger partial charge in [-0.05, 0) is 42.4 Å². The van der Waals surface area contributed by atoms with E-state index in [-0.39, 0.29) is 29.6 Å². The van der Waals surface area contributed by atoms with Gasteiger partial charge in [-0.25, -0.2) is 0 Å². The normalized spacial score (nSPS) is 20.8. The van der Waals surface area contributed by atoms with Crippen LogP contribution in [-0.4, -0.2) is 22.2 Å². The minimum Gasteiger partial charge on any atom is -0.480 e. The molecule has 0 bridgehead atoms. The number of rotatable bonds is 10. The van der Waals surface area contributed by atoms with E-state index in [1.54, 1.807) is 0 Å². The quantitative estimate of drug-likeness (QED) is 0.395. The Labute approximate surface area is 153 Å². The van der Waals surface area contributed by atoms with Crippen molar-refractivity contribution in [1.82, 2.24) is 0 Å².